The molecule has 1 aromatic rings. The van der Waals surface area contributed by atoms with Crippen molar-refractivity contribution in [3.8, 4) is 0 Å². The topological polar surface area (TPSA) is 55.1 Å². The molecular weight excluding hydrogens is 232 g/mol. The number of hydrogen-bond donors (Lipinski definition) is 2. The predicted octanol–water partition coefficient (Wildman–Crippen LogP) is 1.94. The van der Waals surface area contributed by atoms with Crippen molar-refractivity contribution in [1.82, 2.24) is 5.32 Å². The fraction of sp³-hybridized carbons (Fsp3) is 0.462. The van der Waals surface area contributed by atoms with Gasteiger partial charge in [-0.1, -0.05) is 17.7 Å². The van der Waals surface area contributed by atoms with Crippen molar-refractivity contribution in [2.45, 2.75) is 30.7 Å². The number of primary amides is 1. The van der Waals surface area contributed by atoms with E-state index in [-0.39, 0.29) is 5.91 Å². The number of hydrogen-bond acceptors (Lipinski definition) is 3. The van der Waals surface area contributed by atoms with Crippen LogP contribution in [-0.2, 0) is 4.79 Å². The molecule has 1 rings (SSSR count). The first-order valence-corrected chi connectivity index (χ1v) is 6.65. The van der Waals surface area contributed by atoms with Gasteiger partial charge in [-0.15, -0.1) is 11.8 Å². The van der Waals surface area contributed by atoms with Crippen LogP contribution in [-0.4, -0.2) is 24.2 Å². The Morgan fingerprint density at radius 2 is 2.24 bits per heavy atom. The fourth-order valence-electron chi connectivity index (χ4n) is 1.45. The number of thioether (sulfide) groups is 1. The van der Waals surface area contributed by atoms with E-state index in [0.717, 1.165) is 12.2 Å². The number of amides is 1. The van der Waals surface area contributed by atoms with E-state index < -0.39 is 5.54 Å². The summed E-state index contributed by atoms with van der Waals surface area (Å²) in [5.41, 5.74) is 6.01. The minimum Gasteiger partial charge on any atom is -0.368 e. The predicted molar refractivity (Wildman–Crippen MR) is 73.2 cm³/mol. The van der Waals surface area contributed by atoms with E-state index in [1.807, 2.05) is 13.0 Å². The number of rotatable bonds is 6. The Balaban J connectivity index is 2.50. The van der Waals surface area contributed by atoms with Gasteiger partial charge in [0.05, 0.1) is 5.54 Å². The Bertz CT molecular complexity index is 395. The van der Waals surface area contributed by atoms with Gasteiger partial charge in [-0.05, 0) is 39.4 Å². The van der Waals surface area contributed by atoms with Gasteiger partial charge in [0.25, 0.3) is 0 Å². The van der Waals surface area contributed by atoms with Crippen LogP contribution in [0.15, 0.2) is 29.2 Å². The Hall–Kier alpha value is -1.00. The third kappa shape index (κ3) is 4.06. The summed E-state index contributed by atoms with van der Waals surface area (Å²) < 4.78 is 0. The second kappa shape index (κ2) is 6.07. The molecule has 0 saturated heterocycles. The molecule has 3 N–H and O–H groups in total. The maximum Gasteiger partial charge on any atom is 0.237 e. The van der Waals surface area contributed by atoms with Gasteiger partial charge in [-0.25, -0.2) is 0 Å². The van der Waals surface area contributed by atoms with Gasteiger partial charge >= 0.3 is 0 Å². The van der Waals surface area contributed by atoms with Crippen LogP contribution in [0.25, 0.3) is 0 Å². The maximum absolute atomic E-state index is 11.3. The van der Waals surface area contributed by atoms with Gasteiger partial charge in [0, 0.05) is 10.6 Å². The molecule has 0 aliphatic heterocycles. The van der Waals surface area contributed by atoms with Gasteiger partial charge in [0.15, 0.2) is 0 Å². The van der Waals surface area contributed by atoms with E-state index >= 15 is 0 Å². The lowest BCUT2D eigenvalue weighted by molar-refractivity contribution is -0.123. The lowest BCUT2D eigenvalue weighted by Crippen LogP contribution is -2.51. The second-order valence-electron chi connectivity index (χ2n) is 4.36. The van der Waals surface area contributed by atoms with Crippen molar-refractivity contribution >= 4 is 17.7 Å². The summed E-state index contributed by atoms with van der Waals surface area (Å²) in [6.07, 6.45) is 0.720. The van der Waals surface area contributed by atoms with Crippen molar-refractivity contribution in [3.05, 3.63) is 29.8 Å². The molecule has 0 aliphatic carbocycles. The average molecular weight is 252 g/mol. The number of benzene rings is 1. The zero-order chi connectivity index (χ0) is 12.9. The van der Waals surface area contributed by atoms with Gasteiger partial charge in [-0.3, -0.25) is 4.79 Å². The van der Waals surface area contributed by atoms with Gasteiger partial charge in [-0.2, -0.15) is 0 Å². The Morgan fingerprint density at radius 3 is 2.76 bits per heavy atom. The van der Waals surface area contributed by atoms with Crippen LogP contribution in [0.1, 0.15) is 18.9 Å². The molecule has 94 valence electrons. The Morgan fingerprint density at radius 1 is 1.53 bits per heavy atom. The third-order valence-electron chi connectivity index (χ3n) is 2.96. The van der Waals surface area contributed by atoms with Crippen LogP contribution in [0.4, 0.5) is 0 Å². The molecule has 0 heterocycles. The van der Waals surface area contributed by atoms with Crippen LogP contribution >= 0.6 is 11.8 Å². The molecule has 3 nitrogen and oxygen atoms in total. The first-order valence-electron chi connectivity index (χ1n) is 5.66. The second-order valence-corrected chi connectivity index (χ2v) is 5.53. The zero-order valence-electron chi connectivity index (χ0n) is 10.6. The fourth-order valence-corrected chi connectivity index (χ4v) is 2.64. The molecule has 0 saturated carbocycles. The number of likely N-dealkylation sites (N-methyl/N-ethyl adjacent to an activating group) is 1. The van der Waals surface area contributed by atoms with E-state index in [1.54, 1.807) is 18.8 Å². The summed E-state index contributed by atoms with van der Waals surface area (Å²) in [6.45, 7) is 3.91. The van der Waals surface area contributed by atoms with Gasteiger partial charge in [0.1, 0.15) is 0 Å². The molecule has 0 bridgehead atoms. The van der Waals surface area contributed by atoms with E-state index in [1.165, 1.54) is 10.5 Å². The highest BCUT2D eigenvalue weighted by atomic mass is 32.2. The smallest absolute Gasteiger partial charge is 0.237 e. The first kappa shape index (κ1) is 14.1. The Kier molecular flexibility index (Phi) is 5.02. The van der Waals surface area contributed by atoms with Crippen LogP contribution in [0.3, 0.4) is 0 Å². The molecular formula is C13H20N2OS. The highest BCUT2D eigenvalue weighted by Crippen LogP contribution is 2.22. The maximum atomic E-state index is 11.3. The van der Waals surface area contributed by atoms with E-state index in [9.17, 15) is 4.79 Å². The van der Waals surface area contributed by atoms with Crippen LogP contribution in [0.2, 0.25) is 0 Å². The van der Waals surface area contributed by atoms with Crippen molar-refractivity contribution < 1.29 is 4.79 Å². The molecule has 0 aromatic heterocycles. The van der Waals surface area contributed by atoms with Crippen molar-refractivity contribution in [2.24, 2.45) is 5.73 Å². The Labute approximate surface area is 107 Å². The summed E-state index contributed by atoms with van der Waals surface area (Å²) >= 11 is 1.75. The lowest BCUT2D eigenvalue weighted by Gasteiger charge is -2.25. The minimum absolute atomic E-state index is 0.301. The van der Waals surface area contributed by atoms with Crippen molar-refractivity contribution in [2.75, 3.05) is 12.8 Å². The summed E-state index contributed by atoms with van der Waals surface area (Å²) in [4.78, 5) is 12.5. The number of carbonyl (C=O) groups is 1. The van der Waals surface area contributed by atoms with E-state index in [2.05, 4.69) is 30.4 Å². The number of nitrogens with two attached hydrogens (primary N) is 1. The van der Waals surface area contributed by atoms with Crippen LogP contribution < -0.4 is 11.1 Å². The van der Waals surface area contributed by atoms with Crippen molar-refractivity contribution in [1.29, 1.82) is 0 Å². The summed E-state index contributed by atoms with van der Waals surface area (Å²) in [5, 5.41) is 2.99. The molecule has 4 heteroatoms. The van der Waals surface area contributed by atoms with Gasteiger partial charge in [0.2, 0.25) is 5.91 Å². The lowest BCUT2D eigenvalue weighted by atomic mass is 9.99. The van der Waals surface area contributed by atoms with E-state index in [4.69, 9.17) is 5.73 Å². The van der Waals surface area contributed by atoms with E-state index in [0.29, 0.717) is 0 Å². The largest absolute Gasteiger partial charge is 0.368 e. The molecule has 1 atom stereocenters. The summed E-state index contributed by atoms with van der Waals surface area (Å²) in [7, 11) is 1.77. The minimum atomic E-state index is -0.614. The normalized spacial score (nSPS) is 14.3. The van der Waals surface area contributed by atoms with Crippen LogP contribution in [0, 0.1) is 6.92 Å². The molecule has 1 aromatic carbocycles. The highest BCUT2D eigenvalue weighted by Gasteiger charge is 2.28. The number of aryl methyl sites for hydroxylation is 1. The molecule has 1 amide bonds. The molecule has 0 spiro atoms. The standard InChI is InChI=1S/C13H20N2OS/c1-10-5-4-6-11(9-10)17-8-7-13(2,15-3)12(14)16/h4-6,9,15H,7-8H2,1-3H3,(H2,14,16). The number of nitrogens with one attached hydrogen (secondary N) is 1. The quantitative estimate of drug-likeness (QED) is 0.761. The molecule has 0 fully saturated rings. The molecule has 1 unspecified atom stereocenters. The SMILES string of the molecule is CNC(C)(CCSc1cccc(C)c1)C(N)=O. The van der Waals surface area contributed by atoms with Gasteiger partial charge < -0.3 is 11.1 Å². The molecule has 0 radical (unpaired) electrons. The first-order chi connectivity index (χ1) is 7.98. The summed E-state index contributed by atoms with van der Waals surface area (Å²) in [6, 6.07) is 8.35. The molecule has 0 aliphatic rings. The monoisotopic (exact) mass is 252 g/mol. The zero-order valence-corrected chi connectivity index (χ0v) is 11.4. The van der Waals surface area contributed by atoms with Crippen LogP contribution in [0.5, 0.6) is 0 Å². The third-order valence-corrected chi connectivity index (χ3v) is 3.95. The highest BCUT2D eigenvalue weighted by molar-refractivity contribution is 7.99. The average Bonchev–Trinajstić information content (AvgIpc) is 2.28. The number of carbonyl (C=O) groups excluding carboxylic acids is 1. The molecule has 17 heavy (non-hydrogen) atoms. The van der Waals surface area contributed by atoms with Crippen molar-refractivity contribution in [3.63, 3.8) is 0 Å². The summed E-state index contributed by atoms with van der Waals surface area (Å²) in [5.74, 6) is 0.564.